The molecule has 0 amide bonds. The Morgan fingerprint density at radius 1 is 1.16 bits per heavy atom. The third-order valence-electron chi connectivity index (χ3n) is 3.29. The fourth-order valence-corrected chi connectivity index (χ4v) is 2.78. The van der Waals surface area contributed by atoms with E-state index in [0.29, 0.717) is 0 Å². The van der Waals surface area contributed by atoms with Crippen LogP contribution in [-0.2, 0) is 0 Å². The Kier molecular flexibility index (Phi) is 4.38. The van der Waals surface area contributed by atoms with E-state index >= 15 is 0 Å². The van der Waals surface area contributed by atoms with Gasteiger partial charge in [-0.25, -0.2) is 0 Å². The summed E-state index contributed by atoms with van der Waals surface area (Å²) in [4.78, 5) is 2.20. The number of anilines is 2. The lowest BCUT2D eigenvalue weighted by atomic mass is 10.1. The largest absolute Gasteiger partial charge is 0.399 e. The van der Waals surface area contributed by atoms with Crippen molar-refractivity contribution in [2.75, 3.05) is 17.7 Å². The van der Waals surface area contributed by atoms with Crippen LogP contribution in [0.4, 0.5) is 11.4 Å². The second-order valence-electron chi connectivity index (χ2n) is 4.55. The summed E-state index contributed by atoms with van der Waals surface area (Å²) in [6.07, 6.45) is 0. The average Bonchev–Trinajstić information content (AvgIpc) is 2.38. The van der Waals surface area contributed by atoms with Crippen LogP contribution in [0.25, 0.3) is 0 Å². The highest BCUT2D eigenvalue weighted by Gasteiger charge is 2.14. The summed E-state index contributed by atoms with van der Waals surface area (Å²) in [6, 6.07) is 14.0. The highest BCUT2D eigenvalue weighted by atomic mass is 79.9. The van der Waals surface area contributed by atoms with Crippen molar-refractivity contribution < 1.29 is 0 Å². The summed E-state index contributed by atoms with van der Waals surface area (Å²) < 4.78 is 0.996. The Balaban J connectivity index is 2.27. The topological polar surface area (TPSA) is 29.3 Å². The zero-order valence-corrected chi connectivity index (χ0v) is 13.2. The molecular formula is C15H16BrClN2. The van der Waals surface area contributed by atoms with Crippen LogP contribution in [-0.4, -0.2) is 7.05 Å². The number of hydrogen-bond donors (Lipinski definition) is 1. The Bertz CT molecular complexity index is 569. The second-order valence-corrected chi connectivity index (χ2v) is 5.84. The summed E-state index contributed by atoms with van der Waals surface area (Å²) in [5.74, 6) is 0. The number of nitrogens with zero attached hydrogens (tertiary/aromatic N) is 1. The molecule has 4 heteroatoms. The van der Waals surface area contributed by atoms with Gasteiger partial charge in [0.05, 0.1) is 11.7 Å². The van der Waals surface area contributed by atoms with Crippen LogP contribution in [0.5, 0.6) is 0 Å². The smallest absolute Gasteiger partial charge is 0.0514 e. The van der Waals surface area contributed by atoms with Gasteiger partial charge in [0.15, 0.2) is 0 Å². The van der Waals surface area contributed by atoms with Gasteiger partial charge in [0, 0.05) is 22.2 Å². The highest BCUT2D eigenvalue weighted by molar-refractivity contribution is 9.10. The molecule has 0 fully saturated rings. The van der Waals surface area contributed by atoms with Crippen LogP contribution >= 0.6 is 27.5 Å². The standard InChI is InChI=1S/C15H16BrClN2/c1-10(11-3-5-12(17)6-4-11)19(2)15-8-7-13(18)9-14(15)16/h3-10H,18H2,1-2H3. The molecule has 2 aromatic carbocycles. The molecule has 0 aliphatic rings. The predicted molar refractivity (Wildman–Crippen MR) is 86.8 cm³/mol. The van der Waals surface area contributed by atoms with Crippen LogP contribution in [0.3, 0.4) is 0 Å². The molecule has 0 saturated carbocycles. The first kappa shape index (κ1) is 14.2. The van der Waals surface area contributed by atoms with Crippen LogP contribution in [0.15, 0.2) is 46.9 Å². The summed E-state index contributed by atoms with van der Waals surface area (Å²) in [5, 5.41) is 0.757. The number of nitrogens with two attached hydrogens (primary N) is 1. The quantitative estimate of drug-likeness (QED) is 0.807. The maximum Gasteiger partial charge on any atom is 0.0514 e. The first-order valence-corrected chi connectivity index (χ1v) is 7.19. The van der Waals surface area contributed by atoms with Gasteiger partial charge in [-0.1, -0.05) is 23.7 Å². The van der Waals surface area contributed by atoms with Crippen molar-refractivity contribution in [2.45, 2.75) is 13.0 Å². The Labute approximate surface area is 127 Å². The monoisotopic (exact) mass is 338 g/mol. The molecule has 1 atom stereocenters. The van der Waals surface area contributed by atoms with Gasteiger partial charge in [0.2, 0.25) is 0 Å². The normalized spacial score (nSPS) is 12.2. The maximum atomic E-state index is 5.92. The second kappa shape index (κ2) is 5.85. The van der Waals surface area contributed by atoms with Gasteiger partial charge in [-0.15, -0.1) is 0 Å². The predicted octanol–water partition coefficient (Wildman–Crippen LogP) is 4.88. The lowest BCUT2D eigenvalue weighted by Gasteiger charge is -2.28. The highest BCUT2D eigenvalue weighted by Crippen LogP contribution is 2.33. The minimum atomic E-state index is 0.247. The zero-order valence-electron chi connectivity index (χ0n) is 10.9. The maximum absolute atomic E-state index is 5.92. The fourth-order valence-electron chi connectivity index (χ4n) is 1.98. The summed E-state index contributed by atoms with van der Waals surface area (Å²) in [7, 11) is 2.07. The van der Waals surface area contributed by atoms with Crippen molar-refractivity contribution in [1.82, 2.24) is 0 Å². The van der Waals surface area contributed by atoms with Gasteiger partial charge in [0.1, 0.15) is 0 Å². The van der Waals surface area contributed by atoms with Crippen LogP contribution < -0.4 is 10.6 Å². The lowest BCUT2D eigenvalue weighted by Crippen LogP contribution is -2.21. The number of benzene rings is 2. The third-order valence-corrected chi connectivity index (χ3v) is 4.17. The molecule has 0 spiro atoms. The minimum Gasteiger partial charge on any atom is -0.399 e. The summed E-state index contributed by atoms with van der Waals surface area (Å²) >= 11 is 9.48. The van der Waals surface area contributed by atoms with E-state index < -0.39 is 0 Å². The van der Waals surface area contributed by atoms with Gasteiger partial charge < -0.3 is 10.6 Å². The molecule has 0 bridgehead atoms. The van der Waals surface area contributed by atoms with Gasteiger partial charge in [-0.05, 0) is 58.7 Å². The van der Waals surface area contributed by atoms with E-state index in [4.69, 9.17) is 17.3 Å². The van der Waals surface area contributed by atoms with E-state index in [1.807, 2.05) is 30.3 Å². The van der Waals surface area contributed by atoms with Gasteiger partial charge in [-0.2, -0.15) is 0 Å². The molecule has 0 aliphatic heterocycles. The van der Waals surface area contributed by atoms with Crippen molar-refractivity contribution in [3.63, 3.8) is 0 Å². The van der Waals surface area contributed by atoms with Crippen molar-refractivity contribution in [3.8, 4) is 0 Å². The van der Waals surface area contributed by atoms with Crippen molar-refractivity contribution in [1.29, 1.82) is 0 Å². The SMILES string of the molecule is CC(c1ccc(Cl)cc1)N(C)c1ccc(N)cc1Br. The van der Waals surface area contributed by atoms with E-state index in [1.54, 1.807) is 0 Å². The van der Waals surface area contributed by atoms with E-state index in [1.165, 1.54) is 5.56 Å². The lowest BCUT2D eigenvalue weighted by molar-refractivity contribution is 0.738. The van der Waals surface area contributed by atoms with Gasteiger partial charge in [0.25, 0.3) is 0 Å². The Morgan fingerprint density at radius 2 is 1.79 bits per heavy atom. The third kappa shape index (κ3) is 3.23. The van der Waals surface area contributed by atoms with Gasteiger partial charge in [-0.3, -0.25) is 0 Å². The molecule has 2 N–H and O–H groups in total. The average molecular weight is 340 g/mol. The number of halogens is 2. The van der Waals surface area contributed by atoms with Crippen molar-refractivity contribution in [3.05, 3.63) is 57.5 Å². The van der Waals surface area contributed by atoms with E-state index in [9.17, 15) is 0 Å². The van der Waals surface area contributed by atoms with Crippen molar-refractivity contribution in [2.24, 2.45) is 0 Å². The molecule has 0 heterocycles. The fraction of sp³-hybridized carbons (Fsp3) is 0.200. The molecule has 0 aromatic heterocycles. The first-order valence-electron chi connectivity index (χ1n) is 6.02. The number of nitrogen functional groups attached to an aromatic ring is 1. The van der Waals surface area contributed by atoms with Crippen molar-refractivity contribution >= 4 is 38.9 Å². The minimum absolute atomic E-state index is 0.247. The summed E-state index contributed by atoms with van der Waals surface area (Å²) in [6.45, 7) is 2.16. The van der Waals surface area contributed by atoms with Crippen LogP contribution in [0, 0.1) is 0 Å². The molecule has 100 valence electrons. The molecule has 0 aliphatic carbocycles. The van der Waals surface area contributed by atoms with E-state index in [-0.39, 0.29) is 6.04 Å². The molecule has 0 saturated heterocycles. The molecule has 0 radical (unpaired) electrons. The van der Waals surface area contributed by atoms with E-state index in [0.717, 1.165) is 20.9 Å². The van der Waals surface area contributed by atoms with Crippen LogP contribution in [0.1, 0.15) is 18.5 Å². The van der Waals surface area contributed by atoms with Gasteiger partial charge >= 0.3 is 0 Å². The molecule has 2 nitrogen and oxygen atoms in total. The van der Waals surface area contributed by atoms with E-state index in [2.05, 4.69) is 46.9 Å². The Hall–Kier alpha value is -1.19. The molecule has 19 heavy (non-hydrogen) atoms. The number of hydrogen-bond acceptors (Lipinski definition) is 2. The Morgan fingerprint density at radius 3 is 2.37 bits per heavy atom. The number of rotatable bonds is 3. The first-order chi connectivity index (χ1) is 8.99. The van der Waals surface area contributed by atoms with Crippen LogP contribution in [0.2, 0.25) is 5.02 Å². The molecule has 2 aromatic rings. The molecule has 2 rings (SSSR count). The summed E-state index contributed by atoms with van der Waals surface area (Å²) in [5.41, 5.74) is 8.85. The molecule has 1 unspecified atom stereocenters. The molecular weight excluding hydrogens is 324 g/mol. The zero-order chi connectivity index (χ0) is 14.0.